The molecule has 1 aromatic heterocycles. The molecule has 2 aromatic rings. The third-order valence-corrected chi connectivity index (χ3v) is 7.03. The summed E-state index contributed by atoms with van der Waals surface area (Å²) in [6.07, 6.45) is 5.09. The Kier molecular flexibility index (Phi) is 5.85. The number of esters is 1. The lowest BCUT2D eigenvalue weighted by Gasteiger charge is -2.16. The first-order chi connectivity index (χ1) is 11.7. The van der Waals surface area contributed by atoms with E-state index < -0.39 is 0 Å². The second kappa shape index (κ2) is 8.08. The van der Waals surface area contributed by atoms with Crippen LogP contribution in [0, 0.1) is 0 Å². The lowest BCUT2D eigenvalue weighted by atomic mass is 10.2. The number of aromatic nitrogens is 1. The highest BCUT2D eigenvalue weighted by Crippen LogP contribution is 2.31. The van der Waals surface area contributed by atoms with Crippen molar-refractivity contribution in [3.63, 3.8) is 0 Å². The van der Waals surface area contributed by atoms with Crippen molar-refractivity contribution in [2.24, 2.45) is 0 Å². The number of ether oxygens (including phenoxy) is 1. The molecule has 1 fully saturated rings. The fourth-order valence-electron chi connectivity index (χ4n) is 3.29. The van der Waals surface area contributed by atoms with Crippen LogP contribution in [0.15, 0.2) is 35.4 Å². The van der Waals surface area contributed by atoms with Gasteiger partial charge in [-0.05, 0) is 38.9 Å². The number of fused-ring (bicyclic) bond motifs is 1. The lowest BCUT2D eigenvalue weighted by Crippen LogP contribution is -2.30. The van der Waals surface area contributed by atoms with Crippen LogP contribution in [0.25, 0.3) is 10.9 Å². The summed E-state index contributed by atoms with van der Waals surface area (Å²) in [6, 6.07) is 8.73. The van der Waals surface area contributed by atoms with E-state index in [1.54, 1.807) is 0 Å². The zero-order valence-corrected chi connectivity index (χ0v) is 15.5. The van der Waals surface area contributed by atoms with Crippen LogP contribution in [0.5, 0.6) is 0 Å². The Hall–Kier alpha value is -1.46. The number of carbonyl (C=O) groups is 1. The van der Waals surface area contributed by atoms with Crippen molar-refractivity contribution in [3.05, 3.63) is 30.5 Å². The minimum Gasteiger partial charge on any atom is -0.465 e. The van der Waals surface area contributed by atoms with Crippen molar-refractivity contribution in [1.29, 1.82) is 0 Å². The Morgan fingerprint density at radius 2 is 2.04 bits per heavy atom. The van der Waals surface area contributed by atoms with E-state index >= 15 is 0 Å². The summed E-state index contributed by atoms with van der Waals surface area (Å²) >= 11 is 0. The first-order valence-corrected chi connectivity index (χ1v) is 10.3. The molecular formula is C19H27N2O2S+. The highest BCUT2D eigenvalue weighted by Gasteiger charge is 2.30. The van der Waals surface area contributed by atoms with Gasteiger partial charge in [0.1, 0.15) is 11.5 Å². The molecule has 5 heteroatoms. The smallest absolute Gasteiger partial charge is 0.320 e. The van der Waals surface area contributed by atoms with Gasteiger partial charge in [0.2, 0.25) is 0 Å². The standard InChI is InChI=1S/C19H27N2O2S/c1-3-23-19(22)15-20(2)10-11-21-14-18(24-12-6-7-13-24)16-8-4-5-9-17(16)21/h4-5,8-9,14H,3,6-7,10-13,15H2,1-2H3/q+1. The molecule has 0 unspecified atom stereocenters. The topological polar surface area (TPSA) is 34.5 Å². The van der Waals surface area contributed by atoms with Crippen molar-refractivity contribution in [1.82, 2.24) is 9.47 Å². The van der Waals surface area contributed by atoms with E-state index in [2.05, 4.69) is 35.0 Å². The van der Waals surface area contributed by atoms with Crippen LogP contribution in [0.1, 0.15) is 19.8 Å². The molecule has 24 heavy (non-hydrogen) atoms. The van der Waals surface area contributed by atoms with Crippen molar-refractivity contribution >= 4 is 27.8 Å². The molecule has 0 radical (unpaired) electrons. The van der Waals surface area contributed by atoms with Gasteiger partial charge in [0.15, 0.2) is 4.90 Å². The van der Waals surface area contributed by atoms with Crippen LogP contribution in [-0.2, 0) is 27.0 Å². The number of likely N-dealkylation sites (N-methyl/N-ethyl adjacent to an activating group) is 1. The number of hydrogen-bond acceptors (Lipinski definition) is 3. The van der Waals surface area contributed by atoms with Gasteiger partial charge in [-0.25, -0.2) is 0 Å². The molecular weight excluding hydrogens is 320 g/mol. The third-order valence-electron chi connectivity index (χ3n) is 4.52. The average Bonchev–Trinajstić information content (AvgIpc) is 3.21. The largest absolute Gasteiger partial charge is 0.465 e. The molecule has 0 amide bonds. The number of nitrogens with zero attached hydrogens (tertiary/aromatic N) is 2. The molecule has 0 bridgehead atoms. The maximum Gasteiger partial charge on any atom is 0.320 e. The number of benzene rings is 1. The van der Waals surface area contributed by atoms with E-state index in [1.165, 1.54) is 40.1 Å². The molecule has 0 spiro atoms. The molecule has 1 aromatic carbocycles. The highest BCUT2D eigenvalue weighted by molar-refractivity contribution is 7.97. The zero-order chi connectivity index (χ0) is 16.9. The quantitative estimate of drug-likeness (QED) is 0.570. The van der Waals surface area contributed by atoms with Crippen molar-refractivity contribution in [2.45, 2.75) is 31.2 Å². The monoisotopic (exact) mass is 347 g/mol. The Balaban J connectivity index is 1.71. The molecule has 4 nitrogen and oxygen atoms in total. The van der Waals surface area contributed by atoms with Crippen molar-refractivity contribution < 1.29 is 9.53 Å². The molecule has 1 aliphatic rings. The Labute approximate surface area is 147 Å². The summed E-state index contributed by atoms with van der Waals surface area (Å²) in [5.41, 5.74) is 1.32. The van der Waals surface area contributed by atoms with Crippen molar-refractivity contribution in [3.8, 4) is 0 Å². The van der Waals surface area contributed by atoms with E-state index in [-0.39, 0.29) is 5.97 Å². The summed E-state index contributed by atoms with van der Waals surface area (Å²) in [5.74, 6) is 2.54. The molecule has 130 valence electrons. The van der Waals surface area contributed by atoms with Gasteiger partial charge in [-0.3, -0.25) is 9.69 Å². The van der Waals surface area contributed by atoms with Crippen LogP contribution in [-0.4, -0.2) is 53.7 Å². The lowest BCUT2D eigenvalue weighted by molar-refractivity contribution is -0.144. The maximum atomic E-state index is 11.6. The molecule has 0 saturated carbocycles. The van der Waals surface area contributed by atoms with Gasteiger partial charge in [0.25, 0.3) is 0 Å². The van der Waals surface area contributed by atoms with Gasteiger partial charge in [0.05, 0.1) is 30.3 Å². The highest BCUT2D eigenvalue weighted by atomic mass is 32.2. The molecule has 0 aliphatic carbocycles. The van der Waals surface area contributed by atoms with E-state index in [1.807, 2.05) is 18.9 Å². The van der Waals surface area contributed by atoms with E-state index in [0.29, 0.717) is 24.0 Å². The Morgan fingerprint density at radius 3 is 2.79 bits per heavy atom. The molecule has 3 rings (SSSR count). The summed E-state index contributed by atoms with van der Waals surface area (Å²) in [5, 5.41) is 1.41. The zero-order valence-electron chi connectivity index (χ0n) is 14.7. The van der Waals surface area contributed by atoms with Crippen LogP contribution >= 0.6 is 0 Å². The number of hydrogen-bond donors (Lipinski definition) is 0. The first kappa shape index (κ1) is 17.4. The van der Waals surface area contributed by atoms with Crippen LogP contribution in [0.4, 0.5) is 0 Å². The van der Waals surface area contributed by atoms with Gasteiger partial charge in [-0.2, -0.15) is 0 Å². The van der Waals surface area contributed by atoms with Gasteiger partial charge >= 0.3 is 5.97 Å². The summed E-state index contributed by atoms with van der Waals surface area (Å²) in [4.78, 5) is 15.2. The number of rotatable bonds is 7. The minimum atomic E-state index is -0.148. The van der Waals surface area contributed by atoms with E-state index in [9.17, 15) is 4.79 Å². The second-order valence-electron chi connectivity index (χ2n) is 6.35. The fraction of sp³-hybridized carbons (Fsp3) is 0.526. The number of para-hydroxylation sites is 1. The van der Waals surface area contributed by atoms with Gasteiger partial charge in [-0.1, -0.05) is 12.1 Å². The average molecular weight is 348 g/mol. The molecule has 0 N–H and O–H groups in total. The second-order valence-corrected chi connectivity index (χ2v) is 8.60. The first-order valence-electron chi connectivity index (χ1n) is 8.78. The summed E-state index contributed by atoms with van der Waals surface area (Å²) < 4.78 is 7.38. The fourth-order valence-corrected chi connectivity index (χ4v) is 5.80. The van der Waals surface area contributed by atoms with Crippen LogP contribution in [0.3, 0.4) is 0 Å². The molecule has 1 aliphatic heterocycles. The molecule has 2 heterocycles. The van der Waals surface area contributed by atoms with Gasteiger partial charge < -0.3 is 9.30 Å². The minimum absolute atomic E-state index is 0.148. The Bertz CT molecular complexity index is 692. The van der Waals surface area contributed by atoms with Gasteiger partial charge in [0, 0.05) is 24.0 Å². The number of carbonyl (C=O) groups excluding carboxylic acids is 1. The van der Waals surface area contributed by atoms with Crippen LogP contribution in [0.2, 0.25) is 0 Å². The van der Waals surface area contributed by atoms with Crippen LogP contribution < -0.4 is 0 Å². The third kappa shape index (κ3) is 3.95. The molecule has 1 saturated heterocycles. The summed E-state index contributed by atoms with van der Waals surface area (Å²) in [6.45, 7) is 4.37. The van der Waals surface area contributed by atoms with Gasteiger partial charge in [-0.15, -0.1) is 0 Å². The normalized spacial score (nSPS) is 15.5. The Morgan fingerprint density at radius 1 is 1.29 bits per heavy atom. The van der Waals surface area contributed by atoms with E-state index in [4.69, 9.17) is 4.74 Å². The predicted octanol–water partition coefficient (Wildman–Crippen LogP) is 2.91. The predicted molar refractivity (Wildman–Crippen MR) is 101 cm³/mol. The summed E-state index contributed by atoms with van der Waals surface area (Å²) in [7, 11) is 2.40. The maximum absolute atomic E-state index is 11.6. The SMILES string of the molecule is CCOC(=O)CN(C)CCn1cc([S+]2CCCC2)c2ccccc21. The van der Waals surface area contributed by atoms with Crippen molar-refractivity contribution in [2.75, 3.05) is 38.2 Å². The van der Waals surface area contributed by atoms with E-state index in [0.717, 1.165) is 13.1 Å². The molecule has 0 atom stereocenters.